The Balaban J connectivity index is 1.47. The van der Waals surface area contributed by atoms with Gasteiger partial charge in [0.2, 0.25) is 5.91 Å². The van der Waals surface area contributed by atoms with Gasteiger partial charge in [0.1, 0.15) is 40.1 Å². The zero-order valence-electron chi connectivity index (χ0n) is 19.4. The van der Waals surface area contributed by atoms with E-state index >= 15 is 0 Å². The Kier molecular flexibility index (Phi) is 4.90. The van der Waals surface area contributed by atoms with Gasteiger partial charge in [-0.05, 0) is 48.4 Å². The predicted octanol–water partition coefficient (Wildman–Crippen LogP) is 3.60. The molecule has 4 heterocycles. The fraction of sp³-hybridized carbons (Fsp3) is 0.115. The van der Waals surface area contributed by atoms with Crippen LogP contribution in [-0.2, 0) is 16.6 Å². The van der Waals surface area contributed by atoms with Crippen LogP contribution in [0.15, 0.2) is 61.1 Å². The number of carbonyl (C=O) groups is 1. The Labute approximate surface area is 208 Å². The highest BCUT2D eigenvalue weighted by molar-refractivity contribution is 6.09. The van der Waals surface area contributed by atoms with Gasteiger partial charge >= 0.3 is 0 Å². The second kappa shape index (κ2) is 8.05. The number of nitrogens with one attached hydrogen (secondary N) is 1. The smallest absolute Gasteiger partial charge is 0.240 e. The Morgan fingerprint density at radius 3 is 2.78 bits per heavy atom. The summed E-state index contributed by atoms with van der Waals surface area (Å²) in [5.74, 6) is -1.06. The molecule has 1 amide bonds. The molecule has 9 nitrogen and oxygen atoms in total. The number of halogens is 2. The van der Waals surface area contributed by atoms with Crippen LogP contribution in [0.3, 0.4) is 0 Å². The number of rotatable bonds is 4. The summed E-state index contributed by atoms with van der Waals surface area (Å²) in [6, 6.07) is 9.59. The molecule has 11 heteroatoms. The Hall–Kier alpha value is -4.93. The lowest BCUT2D eigenvalue weighted by molar-refractivity contribution is -0.119. The molecule has 2 aromatic carbocycles. The highest BCUT2D eigenvalue weighted by atomic mass is 19.1. The van der Waals surface area contributed by atoms with Crippen molar-refractivity contribution in [3.05, 3.63) is 95.1 Å². The number of fused-ring (bicyclic) bond motifs is 2. The molecule has 6 rings (SSSR count). The number of hydrogen-bond donors (Lipinski definition) is 3. The van der Waals surface area contributed by atoms with Gasteiger partial charge in [-0.15, -0.1) is 0 Å². The molecule has 0 saturated carbocycles. The van der Waals surface area contributed by atoms with Crippen molar-refractivity contribution < 1.29 is 18.7 Å². The Morgan fingerprint density at radius 2 is 1.97 bits per heavy atom. The number of nitrogens with two attached hydrogens (primary N) is 1. The zero-order valence-corrected chi connectivity index (χ0v) is 19.4. The van der Waals surface area contributed by atoms with E-state index in [0.29, 0.717) is 28.2 Å². The molecule has 0 saturated heterocycles. The second-order valence-corrected chi connectivity index (χ2v) is 8.93. The molecule has 0 fully saturated rings. The van der Waals surface area contributed by atoms with Crippen molar-refractivity contribution in [1.29, 1.82) is 0 Å². The van der Waals surface area contributed by atoms with Crippen LogP contribution in [-0.4, -0.2) is 35.4 Å². The summed E-state index contributed by atoms with van der Waals surface area (Å²) in [5.41, 5.74) is 7.33. The number of aromatic hydroxyl groups is 1. The summed E-state index contributed by atoms with van der Waals surface area (Å²) in [6.07, 6.45) is 4.86. The standard InChI is InChI=1S/C26H19F2N7O2/c1-26(14-3-2-4-16(36)11-14)20-21(29)32-22(33-23(20)34-25(26)37)19-12-35-8-7-30-24(35)18(31-19)10-13-9-15(27)5-6-17(13)28/h2-9,11-12,36H,10H2,1H3,(H3,29,32,33,34,37)/t26-/m1/s1. The van der Waals surface area contributed by atoms with Crippen molar-refractivity contribution in [3.8, 4) is 17.3 Å². The molecule has 0 unspecified atom stereocenters. The molecule has 1 aliphatic rings. The number of nitrogen functional groups attached to an aromatic ring is 1. The number of imidazole rings is 1. The third kappa shape index (κ3) is 3.54. The lowest BCUT2D eigenvalue weighted by atomic mass is 9.77. The van der Waals surface area contributed by atoms with E-state index in [9.17, 15) is 18.7 Å². The maximum atomic E-state index is 14.4. The van der Waals surface area contributed by atoms with Gasteiger partial charge in [0.05, 0.1) is 11.3 Å². The molecule has 1 atom stereocenters. The lowest BCUT2D eigenvalue weighted by Gasteiger charge is -2.23. The number of anilines is 2. The normalized spacial score (nSPS) is 16.7. The summed E-state index contributed by atoms with van der Waals surface area (Å²) < 4.78 is 29.8. The van der Waals surface area contributed by atoms with Gasteiger partial charge in [-0.25, -0.2) is 28.7 Å². The summed E-state index contributed by atoms with van der Waals surface area (Å²) in [5, 5.41) is 12.7. The van der Waals surface area contributed by atoms with Crippen LogP contribution in [0.2, 0.25) is 0 Å². The number of hydrogen-bond acceptors (Lipinski definition) is 7. The minimum atomic E-state index is -1.22. The number of benzene rings is 2. The quantitative estimate of drug-likeness (QED) is 0.344. The Bertz CT molecular complexity index is 1740. The van der Waals surface area contributed by atoms with E-state index in [1.54, 1.807) is 42.0 Å². The first-order valence-electron chi connectivity index (χ1n) is 11.3. The molecule has 5 aromatic rings. The maximum Gasteiger partial charge on any atom is 0.240 e. The largest absolute Gasteiger partial charge is 0.508 e. The fourth-order valence-electron chi connectivity index (χ4n) is 4.70. The molecular formula is C26H19F2N7O2. The van der Waals surface area contributed by atoms with Crippen LogP contribution in [0.5, 0.6) is 5.75 Å². The zero-order chi connectivity index (χ0) is 25.9. The van der Waals surface area contributed by atoms with Crippen molar-refractivity contribution in [1.82, 2.24) is 24.3 Å². The molecule has 0 spiro atoms. The van der Waals surface area contributed by atoms with E-state index < -0.39 is 17.0 Å². The first-order chi connectivity index (χ1) is 17.7. The van der Waals surface area contributed by atoms with E-state index in [1.807, 2.05) is 0 Å². The van der Waals surface area contributed by atoms with E-state index in [1.165, 1.54) is 12.1 Å². The van der Waals surface area contributed by atoms with E-state index in [-0.39, 0.29) is 41.1 Å². The van der Waals surface area contributed by atoms with E-state index in [0.717, 1.165) is 18.2 Å². The van der Waals surface area contributed by atoms with Crippen LogP contribution >= 0.6 is 0 Å². The van der Waals surface area contributed by atoms with Gasteiger partial charge < -0.3 is 20.6 Å². The highest BCUT2D eigenvalue weighted by Gasteiger charge is 2.47. The number of phenols is 1. The summed E-state index contributed by atoms with van der Waals surface area (Å²) in [6.45, 7) is 1.68. The molecule has 0 radical (unpaired) electrons. The number of nitrogens with zero attached hydrogens (tertiary/aromatic N) is 5. The summed E-state index contributed by atoms with van der Waals surface area (Å²) >= 11 is 0. The first kappa shape index (κ1) is 22.5. The van der Waals surface area contributed by atoms with E-state index in [2.05, 4.69) is 25.3 Å². The first-order valence-corrected chi connectivity index (χ1v) is 11.3. The molecule has 4 N–H and O–H groups in total. The predicted molar refractivity (Wildman–Crippen MR) is 131 cm³/mol. The molecule has 1 aliphatic heterocycles. The topological polar surface area (TPSA) is 131 Å². The SMILES string of the molecule is C[C@]1(c2cccc(O)c2)C(=O)Nc2nc(-c3cn4ccnc4c(Cc4cc(F)ccc4F)n3)nc(N)c21. The number of carbonyl (C=O) groups excluding carboxylic acids is 1. The molecular weight excluding hydrogens is 480 g/mol. The fourth-order valence-corrected chi connectivity index (χ4v) is 4.70. The van der Waals surface area contributed by atoms with Crippen LogP contribution in [0.4, 0.5) is 20.4 Å². The van der Waals surface area contributed by atoms with Gasteiger partial charge in [0.15, 0.2) is 11.5 Å². The summed E-state index contributed by atoms with van der Waals surface area (Å²) in [4.78, 5) is 31.0. The number of aromatic nitrogens is 5. The van der Waals surface area contributed by atoms with Crippen LogP contribution < -0.4 is 11.1 Å². The van der Waals surface area contributed by atoms with Crippen molar-refractivity contribution >= 4 is 23.2 Å². The van der Waals surface area contributed by atoms with E-state index in [4.69, 9.17) is 5.73 Å². The van der Waals surface area contributed by atoms with Crippen molar-refractivity contribution in [2.75, 3.05) is 11.1 Å². The van der Waals surface area contributed by atoms with Gasteiger partial charge in [-0.3, -0.25) is 4.79 Å². The molecule has 37 heavy (non-hydrogen) atoms. The van der Waals surface area contributed by atoms with Gasteiger partial charge in [0, 0.05) is 25.0 Å². The van der Waals surface area contributed by atoms with Crippen LogP contribution in [0, 0.1) is 11.6 Å². The lowest BCUT2D eigenvalue weighted by Crippen LogP contribution is -2.32. The van der Waals surface area contributed by atoms with Crippen molar-refractivity contribution in [3.63, 3.8) is 0 Å². The molecule has 0 bridgehead atoms. The van der Waals surface area contributed by atoms with Crippen LogP contribution in [0.1, 0.15) is 29.3 Å². The molecule has 0 aliphatic carbocycles. The summed E-state index contributed by atoms with van der Waals surface area (Å²) in [7, 11) is 0. The van der Waals surface area contributed by atoms with Crippen LogP contribution in [0.25, 0.3) is 17.2 Å². The molecule has 3 aromatic heterocycles. The van der Waals surface area contributed by atoms with Gasteiger partial charge in [0.25, 0.3) is 0 Å². The monoisotopic (exact) mass is 499 g/mol. The minimum absolute atomic E-state index is 0.0104. The average molecular weight is 499 g/mol. The third-order valence-corrected chi connectivity index (χ3v) is 6.58. The molecule has 184 valence electrons. The third-order valence-electron chi connectivity index (χ3n) is 6.58. The second-order valence-electron chi connectivity index (χ2n) is 8.93. The van der Waals surface area contributed by atoms with Gasteiger partial charge in [-0.2, -0.15) is 0 Å². The minimum Gasteiger partial charge on any atom is -0.508 e. The average Bonchev–Trinajstić information content (AvgIpc) is 3.44. The highest BCUT2D eigenvalue weighted by Crippen LogP contribution is 2.45. The number of phenolic OH excluding ortho intramolecular Hbond substituents is 1. The number of amides is 1. The Morgan fingerprint density at radius 1 is 1.14 bits per heavy atom. The van der Waals surface area contributed by atoms with Crippen molar-refractivity contribution in [2.24, 2.45) is 0 Å². The maximum absolute atomic E-state index is 14.4. The van der Waals surface area contributed by atoms with Gasteiger partial charge in [-0.1, -0.05) is 12.1 Å². The van der Waals surface area contributed by atoms with Crippen molar-refractivity contribution in [2.45, 2.75) is 18.8 Å².